The van der Waals surface area contributed by atoms with Gasteiger partial charge >= 0.3 is 0 Å². The Hall–Kier alpha value is -0.650. The van der Waals surface area contributed by atoms with E-state index in [0.29, 0.717) is 6.04 Å². The number of piperidine rings is 1. The molecule has 0 aromatic rings. The molecule has 5 heteroatoms. The van der Waals surface area contributed by atoms with Crippen molar-refractivity contribution < 1.29 is 9.53 Å². The monoisotopic (exact) mass is 269 g/mol. The van der Waals surface area contributed by atoms with Crippen LogP contribution in [0.4, 0.5) is 0 Å². The van der Waals surface area contributed by atoms with Crippen LogP contribution >= 0.6 is 0 Å². The minimum atomic E-state index is 0.166. The van der Waals surface area contributed by atoms with Crippen molar-refractivity contribution in [3.05, 3.63) is 0 Å². The molecule has 0 radical (unpaired) electrons. The van der Waals surface area contributed by atoms with E-state index in [1.807, 2.05) is 0 Å². The third-order valence-electron chi connectivity index (χ3n) is 4.09. The SMILES string of the molecule is CC1CCC(C(=O)NCCCN2CCOCC2)CN1. The Morgan fingerprint density at radius 1 is 1.37 bits per heavy atom. The number of ether oxygens (including phenoxy) is 1. The average molecular weight is 269 g/mol. The van der Waals surface area contributed by atoms with Crippen LogP contribution in [0.5, 0.6) is 0 Å². The minimum absolute atomic E-state index is 0.166. The number of morpholine rings is 1. The Bertz CT molecular complexity index is 272. The van der Waals surface area contributed by atoms with Crippen molar-refractivity contribution in [3.63, 3.8) is 0 Å². The largest absolute Gasteiger partial charge is 0.379 e. The third-order valence-corrected chi connectivity index (χ3v) is 4.09. The van der Waals surface area contributed by atoms with Gasteiger partial charge in [0.1, 0.15) is 0 Å². The number of rotatable bonds is 5. The smallest absolute Gasteiger partial charge is 0.224 e. The van der Waals surface area contributed by atoms with E-state index in [1.54, 1.807) is 0 Å². The van der Waals surface area contributed by atoms with Crippen molar-refractivity contribution in [2.75, 3.05) is 45.9 Å². The van der Waals surface area contributed by atoms with Crippen LogP contribution < -0.4 is 10.6 Å². The molecule has 2 rings (SSSR count). The maximum atomic E-state index is 12.0. The molecule has 2 atom stereocenters. The summed E-state index contributed by atoms with van der Waals surface area (Å²) in [5, 5.41) is 6.44. The van der Waals surface area contributed by atoms with Crippen LogP contribution in [0.25, 0.3) is 0 Å². The zero-order valence-corrected chi connectivity index (χ0v) is 12.0. The van der Waals surface area contributed by atoms with Gasteiger partial charge in [-0.25, -0.2) is 0 Å². The Balaban J connectivity index is 1.53. The topological polar surface area (TPSA) is 53.6 Å². The fourth-order valence-corrected chi connectivity index (χ4v) is 2.71. The molecule has 0 saturated carbocycles. The van der Waals surface area contributed by atoms with Gasteiger partial charge in [-0.1, -0.05) is 0 Å². The van der Waals surface area contributed by atoms with Gasteiger partial charge in [-0.3, -0.25) is 9.69 Å². The molecule has 110 valence electrons. The summed E-state index contributed by atoms with van der Waals surface area (Å²) in [4.78, 5) is 14.4. The summed E-state index contributed by atoms with van der Waals surface area (Å²) in [5.41, 5.74) is 0. The van der Waals surface area contributed by atoms with Crippen LogP contribution in [0, 0.1) is 5.92 Å². The summed E-state index contributed by atoms with van der Waals surface area (Å²) in [5.74, 6) is 0.390. The molecular formula is C14H27N3O2. The molecule has 0 aromatic heterocycles. The molecule has 2 N–H and O–H groups in total. The summed E-state index contributed by atoms with van der Waals surface area (Å²) in [6.07, 6.45) is 3.15. The number of amides is 1. The number of nitrogens with zero attached hydrogens (tertiary/aromatic N) is 1. The fourth-order valence-electron chi connectivity index (χ4n) is 2.71. The fraction of sp³-hybridized carbons (Fsp3) is 0.929. The second-order valence-electron chi connectivity index (χ2n) is 5.68. The third kappa shape index (κ3) is 5.09. The van der Waals surface area contributed by atoms with Crippen molar-refractivity contribution >= 4 is 5.91 Å². The van der Waals surface area contributed by atoms with Crippen LogP contribution in [-0.4, -0.2) is 62.8 Å². The first-order valence-corrected chi connectivity index (χ1v) is 7.57. The Kier molecular flexibility index (Phi) is 6.07. The van der Waals surface area contributed by atoms with Crippen LogP contribution in [0.15, 0.2) is 0 Å². The Morgan fingerprint density at radius 3 is 2.84 bits per heavy atom. The molecule has 0 spiro atoms. The molecule has 19 heavy (non-hydrogen) atoms. The molecule has 2 unspecified atom stereocenters. The van der Waals surface area contributed by atoms with E-state index < -0.39 is 0 Å². The van der Waals surface area contributed by atoms with E-state index in [9.17, 15) is 4.79 Å². The lowest BCUT2D eigenvalue weighted by molar-refractivity contribution is -0.125. The second kappa shape index (κ2) is 7.82. The summed E-state index contributed by atoms with van der Waals surface area (Å²) in [6.45, 7) is 8.60. The lowest BCUT2D eigenvalue weighted by atomic mass is 9.95. The van der Waals surface area contributed by atoms with Crippen molar-refractivity contribution in [1.29, 1.82) is 0 Å². The molecule has 0 aromatic carbocycles. The molecule has 1 amide bonds. The lowest BCUT2D eigenvalue weighted by Gasteiger charge is -2.28. The number of nitrogens with one attached hydrogen (secondary N) is 2. The highest BCUT2D eigenvalue weighted by molar-refractivity contribution is 5.78. The Labute approximate surface area is 116 Å². The van der Waals surface area contributed by atoms with Gasteiger partial charge < -0.3 is 15.4 Å². The van der Waals surface area contributed by atoms with Crippen molar-refractivity contribution in [1.82, 2.24) is 15.5 Å². The summed E-state index contributed by atoms with van der Waals surface area (Å²) in [7, 11) is 0. The van der Waals surface area contributed by atoms with Gasteiger partial charge in [-0.05, 0) is 32.7 Å². The highest BCUT2D eigenvalue weighted by atomic mass is 16.5. The maximum Gasteiger partial charge on any atom is 0.224 e. The van der Waals surface area contributed by atoms with Crippen molar-refractivity contribution in [2.24, 2.45) is 5.92 Å². The standard InChI is InChI=1S/C14H27N3O2/c1-12-3-4-13(11-16-12)14(18)15-5-2-6-17-7-9-19-10-8-17/h12-13,16H,2-11H2,1H3,(H,15,18). The molecule has 2 heterocycles. The first kappa shape index (κ1) is 14.8. The van der Waals surface area contributed by atoms with E-state index in [1.165, 1.54) is 0 Å². The van der Waals surface area contributed by atoms with Gasteiger partial charge in [0.15, 0.2) is 0 Å². The van der Waals surface area contributed by atoms with Gasteiger partial charge in [-0.15, -0.1) is 0 Å². The first-order chi connectivity index (χ1) is 9.25. The quantitative estimate of drug-likeness (QED) is 0.701. The van der Waals surface area contributed by atoms with Crippen LogP contribution in [0.2, 0.25) is 0 Å². The van der Waals surface area contributed by atoms with Crippen LogP contribution in [0.3, 0.4) is 0 Å². The highest BCUT2D eigenvalue weighted by Crippen LogP contribution is 2.13. The highest BCUT2D eigenvalue weighted by Gasteiger charge is 2.23. The zero-order chi connectivity index (χ0) is 13.5. The molecule has 0 aliphatic carbocycles. The molecule has 2 aliphatic rings. The second-order valence-corrected chi connectivity index (χ2v) is 5.68. The normalized spacial score (nSPS) is 29.1. The summed E-state index contributed by atoms with van der Waals surface area (Å²) >= 11 is 0. The molecule has 5 nitrogen and oxygen atoms in total. The van der Waals surface area contributed by atoms with E-state index in [2.05, 4.69) is 22.5 Å². The van der Waals surface area contributed by atoms with Gasteiger partial charge in [0.05, 0.1) is 19.1 Å². The van der Waals surface area contributed by atoms with Gasteiger partial charge in [0.2, 0.25) is 5.91 Å². The molecular weight excluding hydrogens is 242 g/mol. The van der Waals surface area contributed by atoms with Gasteiger partial charge in [0, 0.05) is 32.2 Å². The first-order valence-electron chi connectivity index (χ1n) is 7.57. The molecule has 2 aliphatic heterocycles. The van der Waals surface area contributed by atoms with Crippen LogP contribution in [0.1, 0.15) is 26.2 Å². The van der Waals surface area contributed by atoms with E-state index >= 15 is 0 Å². The predicted molar refractivity (Wildman–Crippen MR) is 75.1 cm³/mol. The van der Waals surface area contributed by atoms with Gasteiger partial charge in [0.25, 0.3) is 0 Å². The van der Waals surface area contributed by atoms with E-state index in [4.69, 9.17) is 4.74 Å². The number of carbonyl (C=O) groups is 1. The van der Waals surface area contributed by atoms with E-state index in [-0.39, 0.29) is 11.8 Å². The predicted octanol–water partition coefficient (Wildman–Crippen LogP) is 0.213. The van der Waals surface area contributed by atoms with E-state index in [0.717, 1.165) is 65.2 Å². The summed E-state index contributed by atoms with van der Waals surface area (Å²) < 4.78 is 5.31. The Morgan fingerprint density at radius 2 is 2.16 bits per heavy atom. The minimum Gasteiger partial charge on any atom is -0.379 e. The van der Waals surface area contributed by atoms with Crippen molar-refractivity contribution in [3.8, 4) is 0 Å². The maximum absolute atomic E-state index is 12.0. The summed E-state index contributed by atoms with van der Waals surface area (Å²) in [6, 6.07) is 0.561. The number of hydrogen-bond donors (Lipinski definition) is 2. The van der Waals surface area contributed by atoms with Crippen LogP contribution in [-0.2, 0) is 9.53 Å². The average Bonchev–Trinajstić information content (AvgIpc) is 2.45. The zero-order valence-electron chi connectivity index (χ0n) is 12.0. The molecule has 0 bridgehead atoms. The molecule has 2 saturated heterocycles. The van der Waals surface area contributed by atoms with Gasteiger partial charge in [-0.2, -0.15) is 0 Å². The molecule has 2 fully saturated rings. The lowest BCUT2D eigenvalue weighted by Crippen LogP contribution is -2.44. The number of carbonyl (C=O) groups excluding carboxylic acids is 1. The van der Waals surface area contributed by atoms with Crippen molar-refractivity contribution in [2.45, 2.75) is 32.2 Å². The number of hydrogen-bond acceptors (Lipinski definition) is 4.